The molecule has 1 fully saturated rings. The average molecular weight is 184 g/mol. The van der Waals surface area contributed by atoms with Crippen molar-refractivity contribution in [3.63, 3.8) is 0 Å². The lowest BCUT2D eigenvalue weighted by molar-refractivity contribution is 0.611. The number of nitrogens with zero attached hydrogens (tertiary/aromatic N) is 2. The fourth-order valence-electron chi connectivity index (χ4n) is 1.22. The lowest BCUT2D eigenvalue weighted by atomic mass is 10.2. The molecule has 0 aromatic carbocycles. The largest absolute Gasteiger partial charge is 0.396 e. The summed E-state index contributed by atoms with van der Waals surface area (Å²) < 4.78 is 0. The van der Waals surface area contributed by atoms with Crippen LogP contribution in [0.3, 0.4) is 0 Å². The maximum atomic E-state index is 5.75. The van der Waals surface area contributed by atoms with E-state index >= 15 is 0 Å². The van der Waals surface area contributed by atoms with Crippen molar-refractivity contribution in [2.75, 3.05) is 23.7 Å². The fraction of sp³-hybridized carbons (Fsp3) is 0.375. The number of halogens is 1. The molecule has 2 N–H and O–H groups in total. The minimum absolute atomic E-state index is 0.506. The van der Waals surface area contributed by atoms with Crippen LogP contribution < -0.4 is 10.6 Å². The van der Waals surface area contributed by atoms with Gasteiger partial charge in [0.15, 0.2) is 5.82 Å². The Morgan fingerprint density at radius 2 is 2.17 bits per heavy atom. The van der Waals surface area contributed by atoms with Crippen LogP contribution in [-0.4, -0.2) is 18.1 Å². The third-order valence-electron chi connectivity index (χ3n) is 2.03. The molecule has 3 nitrogen and oxygen atoms in total. The molecule has 1 aromatic heterocycles. The molecule has 0 spiro atoms. The molecule has 1 saturated heterocycles. The summed E-state index contributed by atoms with van der Waals surface area (Å²) in [5.41, 5.74) is 6.44. The zero-order valence-electron chi connectivity index (χ0n) is 6.63. The van der Waals surface area contributed by atoms with Crippen LogP contribution in [0.15, 0.2) is 12.1 Å². The van der Waals surface area contributed by atoms with Crippen molar-refractivity contribution in [2.24, 2.45) is 0 Å². The Morgan fingerprint density at radius 1 is 1.42 bits per heavy atom. The summed E-state index contributed by atoms with van der Waals surface area (Å²) in [6.45, 7) is 2.08. The SMILES string of the molecule is Nc1ccc(Cl)nc1N1CCC1. The molecular weight excluding hydrogens is 174 g/mol. The molecular formula is C8H10ClN3. The van der Waals surface area contributed by atoms with E-state index in [4.69, 9.17) is 17.3 Å². The Bertz CT molecular complexity index is 296. The molecule has 0 atom stereocenters. The number of nitrogens with two attached hydrogens (primary N) is 1. The quantitative estimate of drug-likeness (QED) is 0.672. The van der Waals surface area contributed by atoms with Gasteiger partial charge in [-0.15, -0.1) is 0 Å². The van der Waals surface area contributed by atoms with Crippen molar-refractivity contribution in [3.8, 4) is 0 Å². The van der Waals surface area contributed by atoms with E-state index in [0.29, 0.717) is 10.8 Å². The first-order chi connectivity index (χ1) is 5.77. The summed E-state index contributed by atoms with van der Waals surface area (Å²) in [5, 5.41) is 0.506. The summed E-state index contributed by atoms with van der Waals surface area (Å²) in [6, 6.07) is 3.50. The molecule has 12 heavy (non-hydrogen) atoms. The number of anilines is 2. The average Bonchev–Trinajstić information content (AvgIpc) is 1.93. The van der Waals surface area contributed by atoms with Crippen LogP contribution >= 0.6 is 11.6 Å². The molecule has 2 heterocycles. The van der Waals surface area contributed by atoms with E-state index in [9.17, 15) is 0 Å². The summed E-state index contributed by atoms with van der Waals surface area (Å²) in [5.74, 6) is 0.828. The number of aromatic nitrogens is 1. The van der Waals surface area contributed by atoms with Crippen LogP contribution in [0.2, 0.25) is 5.15 Å². The molecule has 1 aromatic rings. The first-order valence-electron chi connectivity index (χ1n) is 3.94. The van der Waals surface area contributed by atoms with Gasteiger partial charge in [0.25, 0.3) is 0 Å². The van der Waals surface area contributed by atoms with E-state index in [2.05, 4.69) is 9.88 Å². The van der Waals surface area contributed by atoms with Crippen molar-refractivity contribution in [1.29, 1.82) is 0 Å². The van der Waals surface area contributed by atoms with Gasteiger partial charge in [-0.05, 0) is 18.6 Å². The molecule has 0 unspecified atom stereocenters. The zero-order valence-corrected chi connectivity index (χ0v) is 7.38. The smallest absolute Gasteiger partial charge is 0.153 e. The van der Waals surface area contributed by atoms with E-state index < -0.39 is 0 Å². The highest BCUT2D eigenvalue weighted by atomic mass is 35.5. The Labute approximate surface area is 76.1 Å². The van der Waals surface area contributed by atoms with E-state index in [1.54, 1.807) is 12.1 Å². The predicted octanol–water partition coefficient (Wildman–Crippen LogP) is 1.53. The first kappa shape index (κ1) is 7.68. The van der Waals surface area contributed by atoms with Gasteiger partial charge in [-0.3, -0.25) is 0 Å². The minimum atomic E-state index is 0.506. The predicted molar refractivity (Wildman–Crippen MR) is 50.5 cm³/mol. The van der Waals surface area contributed by atoms with Gasteiger partial charge >= 0.3 is 0 Å². The minimum Gasteiger partial charge on any atom is -0.396 e. The number of nitrogen functional groups attached to an aromatic ring is 1. The maximum Gasteiger partial charge on any atom is 0.153 e. The Hall–Kier alpha value is -0.960. The lowest BCUT2D eigenvalue weighted by Crippen LogP contribution is -2.38. The number of hydrogen-bond donors (Lipinski definition) is 1. The third kappa shape index (κ3) is 1.20. The third-order valence-corrected chi connectivity index (χ3v) is 2.24. The first-order valence-corrected chi connectivity index (χ1v) is 4.32. The Kier molecular flexibility index (Phi) is 1.81. The monoisotopic (exact) mass is 183 g/mol. The normalized spacial score (nSPS) is 15.9. The Morgan fingerprint density at radius 3 is 2.75 bits per heavy atom. The second-order valence-electron chi connectivity index (χ2n) is 2.89. The van der Waals surface area contributed by atoms with E-state index in [-0.39, 0.29) is 0 Å². The van der Waals surface area contributed by atoms with E-state index in [1.807, 2.05) is 0 Å². The van der Waals surface area contributed by atoms with Gasteiger partial charge in [-0.2, -0.15) is 0 Å². The Balaban J connectivity index is 2.34. The number of pyridine rings is 1. The van der Waals surface area contributed by atoms with Gasteiger partial charge < -0.3 is 10.6 Å². The molecule has 1 aliphatic heterocycles. The van der Waals surface area contributed by atoms with E-state index in [1.165, 1.54) is 6.42 Å². The van der Waals surface area contributed by atoms with Crippen molar-refractivity contribution in [3.05, 3.63) is 17.3 Å². The van der Waals surface area contributed by atoms with Crippen molar-refractivity contribution in [1.82, 2.24) is 4.98 Å². The summed E-state index contributed by atoms with van der Waals surface area (Å²) in [6.07, 6.45) is 1.22. The maximum absolute atomic E-state index is 5.75. The lowest BCUT2D eigenvalue weighted by Gasteiger charge is -2.32. The number of hydrogen-bond acceptors (Lipinski definition) is 3. The molecule has 0 aliphatic carbocycles. The molecule has 0 amide bonds. The van der Waals surface area contributed by atoms with Crippen LogP contribution in [0.4, 0.5) is 11.5 Å². The van der Waals surface area contributed by atoms with Gasteiger partial charge in [0.05, 0.1) is 5.69 Å². The van der Waals surface area contributed by atoms with Crippen LogP contribution in [0.25, 0.3) is 0 Å². The van der Waals surface area contributed by atoms with Gasteiger partial charge in [-0.25, -0.2) is 4.98 Å². The zero-order chi connectivity index (χ0) is 8.55. The molecule has 2 rings (SSSR count). The highest BCUT2D eigenvalue weighted by molar-refractivity contribution is 6.29. The second-order valence-corrected chi connectivity index (χ2v) is 3.27. The summed E-state index contributed by atoms with van der Waals surface area (Å²) in [7, 11) is 0. The fourth-order valence-corrected chi connectivity index (χ4v) is 1.36. The summed E-state index contributed by atoms with van der Waals surface area (Å²) in [4.78, 5) is 6.29. The molecule has 4 heteroatoms. The van der Waals surface area contributed by atoms with Crippen LogP contribution in [-0.2, 0) is 0 Å². The van der Waals surface area contributed by atoms with Gasteiger partial charge in [0.2, 0.25) is 0 Å². The molecule has 0 saturated carbocycles. The van der Waals surface area contributed by atoms with Crippen LogP contribution in [0.5, 0.6) is 0 Å². The molecule has 0 radical (unpaired) electrons. The number of rotatable bonds is 1. The highest BCUT2D eigenvalue weighted by Gasteiger charge is 2.18. The van der Waals surface area contributed by atoms with Gasteiger partial charge in [0, 0.05) is 13.1 Å². The molecule has 64 valence electrons. The van der Waals surface area contributed by atoms with Crippen LogP contribution in [0, 0.1) is 0 Å². The topological polar surface area (TPSA) is 42.1 Å². The molecule has 1 aliphatic rings. The molecule has 0 bridgehead atoms. The second kappa shape index (κ2) is 2.83. The highest BCUT2D eigenvalue weighted by Crippen LogP contribution is 2.26. The standard InChI is InChI=1S/C8H10ClN3/c9-7-3-2-6(10)8(11-7)12-4-1-5-12/h2-3H,1,4-5,10H2. The van der Waals surface area contributed by atoms with Gasteiger partial charge in [-0.1, -0.05) is 11.6 Å². The van der Waals surface area contributed by atoms with Crippen molar-refractivity contribution >= 4 is 23.1 Å². The van der Waals surface area contributed by atoms with Crippen LogP contribution in [0.1, 0.15) is 6.42 Å². The summed E-state index contributed by atoms with van der Waals surface area (Å²) >= 11 is 5.75. The van der Waals surface area contributed by atoms with Gasteiger partial charge in [0.1, 0.15) is 5.15 Å². The van der Waals surface area contributed by atoms with Crippen molar-refractivity contribution in [2.45, 2.75) is 6.42 Å². The van der Waals surface area contributed by atoms with E-state index in [0.717, 1.165) is 18.9 Å². The van der Waals surface area contributed by atoms with Crippen molar-refractivity contribution < 1.29 is 0 Å².